The van der Waals surface area contributed by atoms with Crippen LogP contribution in [0.2, 0.25) is 0 Å². The van der Waals surface area contributed by atoms with Crippen LogP contribution < -0.4 is 5.69 Å². The largest absolute Gasteiger partial charge is 0.348 e. The van der Waals surface area contributed by atoms with E-state index >= 15 is 0 Å². The van der Waals surface area contributed by atoms with Crippen molar-refractivity contribution < 1.29 is 9.18 Å². The minimum absolute atomic E-state index is 0.0267. The van der Waals surface area contributed by atoms with Crippen molar-refractivity contribution >= 4 is 5.91 Å². The van der Waals surface area contributed by atoms with Gasteiger partial charge in [-0.25, -0.2) is 9.18 Å². The number of piperidine rings is 1. The number of pyridine rings is 1. The summed E-state index contributed by atoms with van der Waals surface area (Å²) < 4.78 is 14.5. The van der Waals surface area contributed by atoms with E-state index in [1.807, 2.05) is 24.1 Å². The Kier molecular flexibility index (Phi) is 6.44. The van der Waals surface area contributed by atoms with Gasteiger partial charge in [0.2, 0.25) is 5.91 Å². The van der Waals surface area contributed by atoms with Crippen LogP contribution >= 0.6 is 0 Å². The molecule has 0 N–H and O–H groups in total. The van der Waals surface area contributed by atoms with Gasteiger partial charge >= 0.3 is 5.69 Å². The van der Waals surface area contributed by atoms with Crippen LogP contribution in [0.3, 0.4) is 0 Å². The molecule has 1 aliphatic rings. The van der Waals surface area contributed by atoms with Gasteiger partial charge < -0.3 is 4.90 Å². The summed E-state index contributed by atoms with van der Waals surface area (Å²) in [6.07, 6.45) is 4.29. The fourth-order valence-electron chi connectivity index (χ4n) is 4.25. The third-order valence-electron chi connectivity index (χ3n) is 6.07. The fourth-order valence-corrected chi connectivity index (χ4v) is 4.25. The second kappa shape index (κ2) is 9.42. The number of rotatable bonds is 5. The van der Waals surface area contributed by atoms with E-state index in [0.29, 0.717) is 31.1 Å². The number of amides is 1. The highest BCUT2D eigenvalue weighted by Gasteiger charge is 2.25. The molecule has 0 atom stereocenters. The number of halogens is 1. The van der Waals surface area contributed by atoms with Crippen molar-refractivity contribution in [3.63, 3.8) is 0 Å². The van der Waals surface area contributed by atoms with E-state index in [4.69, 9.17) is 0 Å². The van der Waals surface area contributed by atoms with Gasteiger partial charge in [-0.05, 0) is 68.5 Å². The molecule has 0 unspecified atom stereocenters. The third-order valence-corrected chi connectivity index (χ3v) is 6.07. The first-order valence-electron chi connectivity index (χ1n) is 10.9. The molecule has 3 aromatic rings. The van der Waals surface area contributed by atoms with E-state index < -0.39 is 0 Å². The molecule has 4 rings (SSSR count). The van der Waals surface area contributed by atoms with Crippen molar-refractivity contribution in [2.75, 3.05) is 13.1 Å². The minimum Gasteiger partial charge on any atom is -0.341 e. The smallest absolute Gasteiger partial charge is 0.341 e. The molecule has 1 fully saturated rings. The summed E-state index contributed by atoms with van der Waals surface area (Å²) in [5.41, 5.74) is 4.20. The van der Waals surface area contributed by atoms with Crippen molar-refractivity contribution in [1.29, 1.82) is 0 Å². The Morgan fingerprint density at radius 2 is 1.75 bits per heavy atom. The number of carbonyl (C=O) groups excluding carboxylic acids is 1. The lowest BCUT2D eigenvalue weighted by atomic mass is 9.92. The summed E-state index contributed by atoms with van der Waals surface area (Å²) in [5.74, 6) is 0.0242. The number of aromatic nitrogens is 3. The number of nitrogens with zero attached hydrogens (tertiary/aromatic N) is 4. The number of benzene rings is 1. The molecule has 1 amide bonds. The molecule has 0 aliphatic carbocycles. The molecular formula is C25H27FN4O2. The summed E-state index contributed by atoms with van der Waals surface area (Å²) in [5, 5.41) is 0. The lowest BCUT2D eigenvalue weighted by Crippen LogP contribution is -2.42. The zero-order valence-corrected chi connectivity index (χ0v) is 18.4. The maximum absolute atomic E-state index is 13.1. The van der Waals surface area contributed by atoms with Crippen LogP contribution in [0, 0.1) is 19.7 Å². The van der Waals surface area contributed by atoms with E-state index in [2.05, 4.69) is 22.1 Å². The Morgan fingerprint density at radius 3 is 2.38 bits per heavy atom. The highest BCUT2D eigenvalue weighted by atomic mass is 19.1. The molecule has 166 valence electrons. The Morgan fingerprint density at radius 1 is 1.06 bits per heavy atom. The van der Waals surface area contributed by atoms with Gasteiger partial charge in [-0.2, -0.15) is 4.98 Å². The number of aryl methyl sites for hydroxylation is 2. The van der Waals surface area contributed by atoms with Crippen LogP contribution in [-0.2, 0) is 17.8 Å². The van der Waals surface area contributed by atoms with Crippen LogP contribution in [0.1, 0.15) is 47.0 Å². The monoisotopic (exact) mass is 434 g/mol. The lowest BCUT2D eigenvalue weighted by molar-refractivity contribution is -0.133. The first kappa shape index (κ1) is 21.9. The van der Waals surface area contributed by atoms with E-state index in [1.165, 1.54) is 16.7 Å². The molecule has 7 heteroatoms. The first-order valence-corrected chi connectivity index (χ1v) is 10.9. The molecule has 6 nitrogen and oxygen atoms in total. The quantitative estimate of drug-likeness (QED) is 0.617. The van der Waals surface area contributed by atoms with Crippen molar-refractivity contribution in [2.45, 2.75) is 45.6 Å². The highest BCUT2D eigenvalue weighted by molar-refractivity contribution is 5.76. The zero-order valence-electron chi connectivity index (χ0n) is 18.4. The molecule has 1 aliphatic heterocycles. The summed E-state index contributed by atoms with van der Waals surface area (Å²) in [7, 11) is 0. The van der Waals surface area contributed by atoms with Crippen LogP contribution in [0.25, 0.3) is 0 Å². The maximum Gasteiger partial charge on any atom is 0.348 e. The molecule has 1 saturated heterocycles. The highest BCUT2D eigenvalue weighted by Crippen LogP contribution is 2.27. The van der Waals surface area contributed by atoms with Gasteiger partial charge in [0.25, 0.3) is 0 Å². The van der Waals surface area contributed by atoms with Crippen LogP contribution in [0.4, 0.5) is 4.39 Å². The van der Waals surface area contributed by atoms with Crippen molar-refractivity contribution in [1.82, 2.24) is 19.4 Å². The zero-order chi connectivity index (χ0) is 22.7. The summed E-state index contributed by atoms with van der Waals surface area (Å²) in [4.78, 5) is 35.3. The van der Waals surface area contributed by atoms with E-state index in [-0.39, 0.29) is 24.0 Å². The lowest BCUT2D eigenvalue weighted by Gasteiger charge is -2.32. The molecule has 3 heterocycles. The van der Waals surface area contributed by atoms with E-state index in [1.54, 1.807) is 19.1 Å². The average Bonchev–Trinajstić information content (AvgIpc) is 2.78. The molecule has 1 aromatic carbocycles. The van der Waals surface area contributed by atoms with Gasteiger partial charge in [-0.15, -0.1) is 0 Å². The van der Waals surface area contributed by atoms with Gasteiger partial charge in [-0.3, -0.25) is 14.3 Å². The van der Waals surface area contributed by atoms with Crippen molar-refractivity contribution in [3.05, 3.63) is 93.2 Å². The molecule has 2 aromatic heterocycles. The molecule has 0 bridgehead atoms. The standard InChI is InChI=1S/C25H27FN4O2/c1-17-13-18(2)30(25(32)28-17)16-24(31)29-11-9-21(10-12-29)23-8-5-20(15-27-23)14-19-3-6-22(26)7-4-19/h3-8,13,15,21H,9-12,14,16H2,1-2H3. The summed E-state index contributed by atoms with van der Waals surface area (Å²) in [6.45, 7) is 4.92. The second-order valence-corrected chi connectivity index (χ2v) is 8.46. The van der Waals surface area contributed by atoms with Crippen LogP contribution in [-0.4, -0.2) is 38.4 Å². The fraction of sp³-hybridized carbons (Fsp3) is 0.360. The van der Waals surface area contributed by atoms with Crippen LogP contribution in [0.5, 0.6) is 0 Å². The number of carbonyl (C=O) groups is 1. The van der Waals surface area contributed by atoms with Gasteiger partial charge in [0, 0.05) is 42.3 Å². The number of likely N-dealkylation sites (tertiary alicyclic amines) is 1. The van der Waals surface area contributed by atoms with E-state index in [0.717, 1.165) is 35.4 Å². The average molecular weight is 435 g/mol. The van der Waals surface area contributed by atoms with Crippen molar-refractivity contribution in [2.24, 2.45) is 0 Å². The molecule has 32 heavy (non-hydrogen) atoms. The molecule has 0 radical (unpaired) electrons. The summed E-state index contributed by atoms with van der Waals surface area (Å²) >= 11 is 0. The minimum atomic E-state index is -0.379. The van der Waals surface area contributed by atoms with Gasteiger partial charge in [0.1, 0.15) is 12.4 Å². The maximum atomic E-state index is 13.1. The predicted molar refractivity (Wildman–Crippen MR) is 120 cm³/mol. The Hall–Kier alpha value is -3.35. The van der Waals surface area contributed by atoms with E-state index in [9.17, 15) is 14.0 Å². The van der Waals surface area contributed by atoms with Gasteiger partial charge in [0.05, 0.1) is 0 Å². The normalized spacial score (nSPS) is 14.5. The summed E-state index contributed by atoms with van der Waals surface area (Å²) in [6, 6.07) is 12.5. The third kappa shape index (κ3) is 5.10. The van der Waals surface area contributed by atoms with Gasteiger partial charge in [-0.1, -0.05) is 18.2 Å². The Bertz CT molecular complexity index is 1150. The topological polar surface area (TPSA) is 68.1 Å². The Labute approximate surface area is 186 Å². The second-order valence-electron chi connectivity index (χ2n) is 8.46. The molecular weight excluding hydrogens is 407 g/mol. The molecule has 0 saturated carbocycles. The molecule has 0 spiro atoms. The van der Waals surface area contributed by atoms with Crippen molar-refractivity contribution in [3.8, 4) is 0 Å². The number of hydrogen-bond donors (Lipinski definition) is 0. The van der Waals surface area contributed by atoms with Gasteiger partial charge in [0.15, 0.2) is 0 Å². The number of hydrogen-bond acceptors (Lipinski definition) is 4. The van der Waals surface area contributed by atoms with Crippen LogP contribution in [0.15, 0.2) is 53.5 Å². The predicted octanol–water partition coefficient (Wildman–Crippen LogP) is 3.39. The SMILES string of the molecule is Cc1cc(C)n(CC(=O)N2CCC(c3ccc(Cc4ccc(F)cc4)cn3)CC2)c(=O)n1. The Balaban J connectivity index is 1.33. The first-order chi connectivity index (χ1) is 15.4.